The summed E-state index contributed by atoms with van der Waals surface area (Å²) in [6.07, 6.45) is 0. The molecule has 1 atom stereocenters. The number of hydrogen-bond donors (Lipinski definition) is 2. The topological polar surface area (TPSA) is 52.6 Å². The molecule has 2 N–H and O–H groups in total. The Kier molecular flexibility index (Phi) is 7.34. The lowest BCUT2D eigenvalue weighted by Crippen LogP contribution is -2.45. The smallest absolute Gasteiger partial charge is 0.234 e. The molecule has 0 bridgehead atoms. The van der Waals surface area contributed by atoms with Gasteiger partial charge < -0.3 is 10.4 Å². The van der Waals surface area contributed by atoms with Gasteiger partial charge in [0.15, 0.2) is 0 Å². The molecule has 0 aromatic heterocycles. The molecule has 1 amide bonds. The van der Waals surface area contributed by atoms with E-state index in [1.807, 2.05) is 25.7 Å². The van der Waals surface area contributed by atoms with Crippen LogP contribution >= 0.6 is 0 Å². The zero-order chi connectivity index (χ0) is 12.7. The first-order chi connectivity index (χ1) is 7.38. The summed E-state index contributed by atoms with van der Waals surface area (Å²) in [6.45, 7) is 11.2. The van der Waals surface area contributed by atoms with E-state index in [2.05, 4.69) is 19.2 Å². The third-order valence-electron chi connectivity index (χ3n) is 2.85. The van der Waals surface area contributed by atoms with Crippen LogP contribution in [-0.4, -0.2) is 47.7 Å². The standard InChI is InChI=1S/C12H26N2O2/c1-9(2)11(5)13-12(16)8-14(6-7-15)10(3)4/h9-11,15H,6-8H2,1-5H3,(H,13,16). The first kappa shape index (κ1) is 15.4. The Morgan fingerprint density at radius 1 is 1.25 bits per heavy atom. The Hall–Kier alpha value is -0.610. The van der Waals surface area contributed by atoms with Crippen LogP contribution in [0.3, 0.4) is 0 Å². The van der Waals surface area contributed by atoms with Gasteiger partial charge in [-0.25, -0.2) is 0 Å². The van der Waals surface area contributed by atoms with Crippen molar-refractivity contribution in [2.45, 2.75) is 46.7 Å². The maximum absolute atomic E-state index is 11.7. The zero-order valence-corrected chi connectivity index (χ0v) is 11.2. The minimum absolute atomic E-state index is 0.0309. The van der Waals surface area contributed by atoms with Gasteiger partial charge in [0.2, 0.25) is 5.91 Å². The molecular formula is C12H26N2O2. The van der Waals surface area contributed by atoms with Crippen molar-refractivity contribution in [1.29, 1.82) is 0 Å². The molecule has 0 aromatic rings. The van der Waals surface area contributed by atoms with Crippen LogP contribution in [0.25, 0.3) is 0 Å². The summed E-state index contributed by atoms with van der Waals surface area (Å²) in [7, 11) is 0. The summed E-state index contributed by atoms with van der Waals surface area (Å²) in [5.74, 6) is 0.470. The Labute approximate surface area is 99.0 Å². The second-order valence-corrected chi connectivity index (χ2v) is 4.89. The lowest BCUT2D eigenvalue weighted by atomic mass is 10.1. The Balaban J connectivity index is 4.09. The molecule has 0 rings (SSSR count). The second kappa shape index (κ2) is 7.63. The molecule has 0 aliphatic rings. The summed E-state index contributed by atoms with van der Waals surface area (Å²) in [4.78, 5) is 13.7. The molecule has 0 spiro atoms. The van der Waals surface area contributed by atoms with E-state index in [0.717, 1.165) is 0 Å². The van der Waals surface area contributed by atoms with Crippen molar-refractivity contribution in [1.82, 2.24) is 10.2 Å². The normalized spacial score (nSPS) is 13.6. The largest absolute Gasteiger partial charge is 0.395 e. The summed E-state index contributed by atoms with van der Waals surface area (Å²) in [6, 6.07) is 0.461. The van der Waals surface area contributed by atoms with E-state index >= 15 is 0 Å². The van der Waals surface area contributed by atoms with Crippen LogP contribution in [0, 0.1) is 5.92 Å². The third kappa shape index (κ3) is 6.08. The lowest BCUT2D eigenvalue weighted by molar-refractivity contribution is -0.123. The number of aliphatic hydroxyl groups excluding tert-OH is 1. The molecule has 0 aliphatic heterocycles. The molecule has 16 heavy (non-hydrogen) atoms. The van der Waals surface area contributed by atoms with Crippen molar-refractivity contribution in [3.8, 4) is 0 Å². The fraction of sp³-hybridized carbons (Fsp3) is 0.917. The van der Waals surface area contributed by atoms with Crippen molar-refractivity contribution in [2.75, 3.05) is 19.7 Å². The van der Waals surface area contributed by atoms with Crippen molar-refractivity contribution in [2.24, 2.45) is 5.92 Å². The van der Waals surface area contributed by atoms with Crippen LogP contribution in [0.5, 0.6) is 0 Å². The molecule has 0 aliphatic carbocycles. The maximum Gasteiger partial charge on any atom is 0.234 e. The van der Waals surface area contributed by atoms with Crippen molar-refractivity contribution < 1.29 is 9.90 Å². The lowest BCUT2D eigenvalue weighted by Gasteiger charge is -2.26. The summed E-state index contributed by atoms with van der Waals surface area (Å²) >= 11 is 0. The average molecular weight is 230 g/mol. The summed E-state index contributed by atoms with van der Waals surface area (Å²) in [5, 5.41) is 11.9. The van der Waals surface area contributed by atoms with E-state index in [4.69, 9.17) is 5.11 Å². The maximum atomic E-state index is 11.7. The minimum atomic E-state index is 0.0309. The number of carbonyl (C=O) groups is 1. The number of hydrogen-bond acceptors (Lipinski definition) is 3. The highest BCUT2D eigenvalue weighted by Crippen LogP contribution is 2.01. The van der Waals surface area contributed by atoms with Crippen molar-refractivity contribution in [3.05, 3.63) is 0 Å². The number of amides is 1. The fourth-order valence-electron chi connectivity index (χ4n) is 1.30. The SMILES string of the molecule is CC(C)C(C)NC(=O)CN(CCO)C(C)C. The molecule has 96 valence electrons. The Bertz CT molecular complexity index is 205. The van der Waals surface area contributed by atoms with Crippen molar-refractivity contribution >= 4 is 5.91 Å². The highest BCUT2D eigenvalue weighted by molar-refractivity contribution is 5.78. The van der Waals surface area contributed by atoms with Gasteiger partial charge in [-0.1, -0.05) is 13.8 Å². The molecular weight excluding hydrogens is 204 g/mol. The summed E-state index contributed by atoms with van der Waals surface area (Å²) < 4.78 is 0. The van der Waals surface area contributed by atoms with Crippen LogP contribution in [0.2, 0.25) is 0 Å². The van der Waals surface area contributed by atoms with E-state index in [1.165, 1.54) is 0 Å². The monoisotopic (exact) mass is 230 g/mol. The first-order valence-electron chi connectivity index (χ1n) is 6.02. The highest BCUT2D eigenvalue weighted by Gasteiger charge is 2.16. The average Bonchev–Trinajstić information content (AvgIpc) is 2.16. The van der Waals surface area contributed by atoms with Crippen LogP contribution in [0.15, 0.2) is 0 Å². The Morgan fingerprint density at radius 2 is 1.81 bits per heavy atom. The van der Waals surface area contributed by atoms with E-state index in [1.54, 1.807) is 0 Å². The predicted octanol–water partition coefficient (Wildman–Crippen LogP) is 0.850. The summed E-state index contributed by atoms with van der Waals surface area (Å²) in [5.41, 5.74) is 0. The van der Waals surface area contributed by atoms with Gasteiger partial charge in [0.25, 0.3) is 0 Å². The molecule has 0 radical (unpaired) electrons. The molecule has 4 nitrogen and oxygen atoms in total. The number of nitrogens with one attached hydrogen (secondary N) is 1. The van der Waals surface area contributed by atoms with Gasteiger partial charge in [0.1, 0.15) is 0 Å². The van der Waals surface area contributed by atoms with E-state index in [-0.39, 0.29) is 24.6 Å². The first-order valence-corrected chi connectivity index (χ1v) is 6.02. The number of aliphatic hydroxyl groups is 1. The number of rotatable bonds is 7. The van der Waals surface area contributed by atoms with Crippen molar-refractivity contribution in [3.63, 3.8) is 0 Å². The number of nitrogens with zero attached hydrogens (tertiary/aromatic N) is 1. The van der Waals surface area contributed by atoms with E-state index in [9.17, 15) is 4.79 Å². The van der Waals surface area contributed by atoms with Gasteiger partial charge in [-0.3, -0.25) is 9.69 Å². The van der Waals surface area contributed by atoms with Gasteiger partial charge in [0.05, 0.1) is 13.2 Å². The van der Waals surface area contributed by atoms with Gasteiger partial charge >= 0.3 is 0 Å². The fourth-order valence-corrected chi connectivity index (χ4v) is 1.30. The quantitative estimate of drug-likeness (QED) is 0.682. The molecule has 0 saturated carbocycles. The van der Waals surface area contributed by atoms with Crippen LogP contribution < -0.4 is 5.32 Å². The Morgan fingerprint density at radius 3 is 2.19 bits per heavy atom. The van der Waals surface area contributed by atoms with E-state index in [0.29, 0.717) is 19.0 Å². The van der Waals surface area contributed by atoms with Gasteiger partial charge in [0, 0.05) is 18.6 Å². The third-order valence-corrected chi connectivity index (χ3v) is 2.85. The zero-order valence-electron chi connectivity index (χ0n) is 11.2. The van der Waals surface area contributed by atoms with Crippen LogP contribution in [-0.2, 0) is 4.79 Å². The molecule has 1 unspecified atom stereocenters. The van der Waals surface area contributed by atoms with Gasteiger partial charge in [-0.2, -0.15) is 0 Å². The van der Waals surface area contributed by atoms with Crippen LogP contribution in [0.4, 0.5) is 0 Å². The van der Waals surface area contributed by atoms with Gasteiger partial charge in [-0.05, 0) is 26.7 Å². The highest BCUT2D eigenvalue weighted by atomic mass is 16.3. The van der Waals surface area contributed by atoms with E-state index < -0.39 is 0 Å². The molecule has 0 heterocycles. The van der Waals surface area contributed by atoms with Gasteiger partial charge in [-0.15, -0.1) is 0 Å². The molecule has 0 aromatic carbocycles. The molecule has 0 saturated heterocycles. The predicted molar refractivity (Wildman–Crippen MR) is 66.2 cm³/mol. The molecule has 4 heteroatoms. The van der Waals surface area contributed by atoms with Crippen LogP contribution in [0.1, 0.15) is 34.6 Å². The minimum Gasteiger partial charge on any atom is -0.395 e. The molecule has 0 fully saturated rings. The second-order valence-electron chi connectivity index (χ2n) is 4.89. The number of carbonyl (C=O) groups excluding carboxylic acids is 1.